The van der Waals surface area contributed by atoms with Gasteiger partial charge in [-0.25, -0.2) is 0 Å². The summed E-state index contributed by atoms with van der Waals surface area (Å²) in [5.74, 6) is 1.54. The van der Waals surface area contributed by atoms with Gasteiger partial charge >= 0.3 is 0 Å². The van der Waals surface area contributed by atoms with E-state index in [1.165, 1.54) is 122 Å². The highest BCUT2D eigenvalue weighted by molar-refractivity contribution is 6.49. The summed E-state index contributed by atoms with van der Waals surface area (Å²) in [6.45, 7) is 10.4. The molecule has 0 fully saturated rings. The first-order valence-electron chi connectivity index (χ1n) is 18.5. The first kappa shape index (κ1) is 38.6. The predicted molar refractivity (Wildman–Crippen MR) is 190 cm³/mol. The van der Waals surface area contributed by atoms with Gasteiger partial charge < -0.3 is 9.47 Å². The molecule has 0 bridgehead atoms. The van der Waals surface area contributed by atoms with E-state index in [2.05, 4.69) is 27.7 Å². The molecule has 2 aromatic rings. The molecule has 2 atom stereocenters. The van der Waals surface area contributed by atoms with Gasteiger partial charge in [0.05, 0.1) is 13.2 Å². The maximum absolute atomic E-state index is 13.0. The van der Waals surface area contributed by atoms with Crippen LogP contribution in [0.2, 0.25) is 0 Å². The van der Waals surface area contributed by atoms with E-state index in [1.807, 2.05) is 12.1 Å². The molecule has 252 valence electrons. The Kier molecular flexibility index (Phi) is 21.1. The maximum atomic E-state index is 13.0. The number of unbranched alkanes of at least 4 members (excludes halogenated alkanes) is 13. The van der Waals surface area contributed by atoms with E-state index in [0.29, 0.717) is 36.2 Å². The van der Waals surface area contributed by atoms with Crippen LogP contribution in [0.4, 0.5) is 0 Å². The van der Waals surface area contributed by atoms with Gasteiger partial charge in [0, 0.05) is 11.1 Å². The van der Waals surface area contributed by atoms with Crippen molar-refractivity contribution in [3.05, 3.63) is 59.7 Å². The highest BCUT2D eigenvalue weighted by atomic mass is 16.5. The fraction of sp³-hybridized carbons (Fsp3) is 0.659. The van der Waals surface area contributed by atoms with Crippen molar-refractivity contribution in [2.45, 2.75) is 150 Å². The molecule has 0 N–H and O–H groups in total. The summed E-state index contributed by atoms with van der Waals surface area (Å²) in [5, 5.41) is 0. The molecule has 4 heteroatoms. The van der Waals surface area contributed by atoms with Gasteiger partial charge in [-0.3, -0.25) is 9.59 Å². The zero-order valence-electron chi connectivity index (χ0n) is 29.3. The third-order valence-corrected chi connectivity index (χ3v) is 8.94. The lowest BCUT2D eigenvalue weighted by Crippen LogP contribution is -2.15. The lowest BCUT2D eigenvalue weighted by molar-refractivity contribution is 0.0817. The van der Waals surface area contributed by atoms with Crippen molar-refractivity contribution in [1.82, 2.24) is 0 Å². The fourth-order valence-electron chi connectivity index (χ4n) is 5.86. The molecule has 2 aromatic carbocycles. The molecule has 0 radical (unpaired) electrons. The minimum absolute atomic E-state index is 0.383. The van der Waals surface area contributed by atoms with Crippen LogP contribution in [-0.4, -0.2) is 24.8 Å². The molecule has 2 unspecified atom stereocenters. The second-order valence-corrected chi connectivity index (χ2v) is 13.3. The fourth-order valence-corrected chi connectivity index (χ4v) is 5.86. The molecule has 4 nitrogen and oxygen atoms in total. The number of hydrogen-bond donors (Lipinski definition) is 0. The Bertz CT molecular complexity index is 1030. The molecule has 2 rings (SSSR count). The summed E-state index contributed by atoms with van der Waals surface area (Å²) in [7, 11) is 0. The predicted octanol–water partition coefficient (Wildman–Crippen LogP) is 12.2. The van der Waals surface area contributed by atoms with E-state index < -0.39 is 11.6 Å². The Morgan fingerprint density at radius 3 is 1.29 bits per heavy atom. The Morgan fingerprint density at radius 2 is 0.844 bits per heavy atom. The quantitative estimate of drug-likeness (QED) is 0.0539. The van der Waals surface area contributed by atoms with Crippen LogP contribution in [0.3, 0.4) is 0 Å². The zero-order valence-corrected chi connectivity index (χ0v) is 29.3. The topological polar surface area (TPSA) is 52.6 Å². The summed E-state index contributed by atoms with van der Waals surface area (Å²) >= 11 is 0. The smallest absolute Gasteiger partial charge is 0.233 e. The number of ketones is 2. The molecule has 0 heterocycles. The molecular weight excluding hydrogens is 556 g/mol. The Hall–Kier alpha value is -2.62. The van der Waals surface area contributed by atoms with Gasteiger partial charge in [-0.1, -0.05) is 130 Å². The van der Waals surface area contributed by atoms with Crippen LogP contribution in [0, 0.1) is 11.8 Å². The van der Waals surface area contributed by atoms with E-state index in [9.17, 15) is 9.59 Å². The largest absolute Gasteiger partial charge is 0.493 e. The van der Waals surface area contributed by atoms with Crippen LogP contribution in [0.1, 0.15) is 170 Å². The number of benzene rings is 2. The van der Waals surface area contributed by atoms with Crippen molar-refractivity contribution in [2.75, 3.05) is 13.2 Å². The molecule has 0 aliphatic rings. The SMILES string of the molecule is CCCCCCCCC(C)COc1ccc(C(=O)C(=O)c2ccc(OCC(CCCCCC)CCCCCCCC)cc2)cc1. The van der Waals surface area contributed by atoms with E-state index in [4.69, 9.17) is 9.47 Å². The van der Waals surface area contributed by atoms with Crippen LogP contribution < -0.4 is 9.47 Å². The van der Waals surface area contributed by atoms with Crippen LogP contribution >= 0.6 is 0 Å². The summed E-state index contributed by atoms with van der Waals surface area (Å²) in [6, 6.07) is 14.0. The first-order chi connectivity index (χ1) is 22.0. The molecule has 45 heavy (non-hydrogen) atoms. The monoisotopic (exact) mass is 620 g/mol. The zero-order chi connectivity index (χ0) is 32.5. The summed E-state index contributed by atoms with van der Waals surface area (Å²) in [4.78, 5) is 25.9. The third-order valence-electron chi connectivity index (χ3n) is 8.94. The summed E-state index contributed by atoms with van der Waals surface area (Å²) in [6.07, 6.45) is 24.4. The third kappa shape index (κ3) is 17.0. The molecule has 0 aliphatic carbocycles. The highest BCUT2D eigenvalue weighted by Crippen LogP contribution is 2.22. The van der Waals surface area contributed by atoms with Gasteiger partial charge in [-0.05, 0) is 79.6 Å². The number of rotatable bonds is 28. The van der Waals surface area contributed by atoms with Crippen molar-refractivity contribution in [1.29, 1.82) is 0 Å². The molecule has 0 spiro atoms. The molecule has 0 amide bonds. The Balaban J connectivity index is 1.79. The van der Waals surface area contributed by atoms with Gasteiger partial charge in [0.15, 0.2) is 0 Å². The Labute approximate surface area is 276 Å². The van der Waals surface area contributed by atoms with Crippen LogP contribution in [0.15, 0.2) is 48.5 Å². The maximum Gasteiger partial charge on any atom is 0.233 e. The molecule has 0 saturated heterocycles. The summed E-state index contributed by atoms with van der Waals surface area (Å²) < 4.78 is 12.1. The van der Waals surface area contributed by atoms with Crippen molar-refractivity contribution in [3.63, 3.8) is 0 Å². The highest BCUT2D eigenvalue weighted by Gasteiger charge is 2.19. The van der Waals surface area contributed by atoms with E-state index >= 15 is 0 Å². The van der Waals surface area contributed by atoms with Gasteiger partial charge in [0.2, 0.25) is 11.6 Å². The van der Waals surface area contributed by atoms with Gasteiger partial charge in [0.25, 0.3) is 0 Å². The standard InChI is InChI=1S/C41H64O4/c1-5-8-11-14-16-18-21-34(4)32-44-38-28-24-36(25-29-38)40(42)41(43)37-26-30-39(31-27-37)45-33-35(22-19-13-10-7-3)23-20-17-15-12-9-6-2/h24-31,34-35H,5-23,32-33H2,1-4H3. The summed E-state index contributed by atoms with van der Waals surface area (Å²) in [5.41, 5.74) is 0.771. The number of carbonyl (C=O) groups is 2. The van der Waals surface area contributed by atoms with Gasteiger partial charge in [-0.2, -0.15) is 0 Å². The van der Waals surface area contributed by atoms with Gasteiger partial charge in [0.1, 0.15) is 11.5 Å². The lowest BCUT2D eigenvalue weighted by Gasteiger charge is -2.18. The molecule has 0 aromatic heterocycles. The number of Topliss-reactive ketones (excluding diaryl/α,β-unsaturated/α-hetero) is 2. The van der Waals surface area contributed by atoms with Crippen LogP contribution in [-0.2, 0) is 0 Å². The second-order valence-electron chi connectivity index (χ2n) is 13.3. The van der Waals surface area contributed by atoms with Crippen LogP contribution in [0.25, 0.3) is 0 Å². The number of hydrogen-bond acceptors (Lipinski definition) is 4. The lowest BCUT2D eigenvalue weighted by atomic mass is 9.95. The van der Waals surface area contributed by atoms with E-state index in [1.54, 1.807) is 36.4 Å². The second kappa shape index (κ2) is 24.6. The van der Waals surface area contributed by atoms with Gasteiger partial charge in [-0.15, -0.1) is 0 Å². The van der Waals surface area contributed by atoms with Crippen LogP contribution in [0.5, 0.6) is 11.5 Å². The minimum Gasteiger partial charge on any atom is -0.493 e. The number of ether oxygens (including phenoxy) is 2. The van der Waals surface area contributed by atoms with Crippen molar-refractivity contribution in [3.8, 4) is 11.5 Å². The van der Waals surface area contributed by atoms with Crippen molar-refractivity contribution in [2.24, 2.45) is 11.8 Å². The Morgan fingerprint density at radius 1 is 0.489 bits per heavy atom. The van der Waals surface area contributed by atoms with E-state index in [0.717, 1.165) is 11.5 Å². The minimum atomic E-state index is -0.502. The average molecular weight is 621 g/mol. The molecule has 0 aliphatic heterocycles. The van der Waals surface area contributed by atoms with E-state index in [-0.39, 0.29) is 0 Å². The average Bonchev–Trinajstić information content (AvgIpc) is 3.07. The van der Waals surface area contributed by atoms with Crippen molar-refractivity contribution < 1.29 is 19.1 Å². The first-order valence-corrected chi connectivity index (χ1v) is 18.5. The normalized spacial score (nSPS) is 12.5. The molecular formula is C41H64O4. The van der Waals surface area contributed by atoms with Crippen molar-refractivity contribution >= 4 is 11.6 Å². The molecule has 0 saturated carbocycles. The number of carbonyl (C=O) groups excluding carboxylic acids is 2.